The maximum atomic E-state index is 12.6. The summed E-state index contributed by atoms with van der Waals surface area (Å²) in [4.78, 5) is 12.6. The zero-order valence-electron chi connectivity index (χ0n) is 13.1. The van der Waals surface area contributed by atoms with Crippen molar-refractivity contribution in [3.63, 3.8) is 0 Å². The number of aromatic nitrogens is 4. The van der Waals surface area contributed by atoms with Gasteiger partial charge in [-0.3, -0.25) is 14.6 Å². The zero-order chi connectivity index (χ0) is 16.5. The summed E-state index contributed by atoms with van der Waals surface area (Å²) in [7, 11) is 0. The molecular formula is C17H19N5O2. The first-order chi connectivity index (χ1) is 11.7. The Kier molecular flexibility index (Phi) is 3.78. The lowest BCUT2D eigenvalue weighted by molar-refractivity contribution is 0.0874. The highest BCUT2D eigenvalue weighted by molar-refractivity contribution is 6.06. The van der Waals surface area contributed by atoms with Gasteiger partial charge in [-0.2, -0.15) is 10.2 Å². The van der Waals surface area contributed by atoms with Crippen molar-refractivity contribution >= 4 is 16.8 Å². The largest absolute Gasteiger partial charge is 0.391 e. The third-order valence-corrected chi connectivity index (χ3v) is 4.68. The van der Waals surface area contributed by atoms with E-state index in [0.29, 0.717) is 17.9 Å². The average Bonchev–Trinajstić information content (AvgIpc) is 3.29. The Morgan fingerprint density at radius 3 is 3.12 bits per heavy atom. The number of aliphatic hydroxyl groups is 1. The van der Waals surface area contributed by atoms with Crippen LogP contribution in [-0.2, 0) is 6.54 Å². The number of hydrogen-bond acceptors (Lipinski definition) is 4. The molecule has 2 aromatic heterocycles. The third-order valence-electron chi connectivity index (χ3n) is 4.68. The number of aromatic amines is 1. The van der Waals surface area contributed by atoms with Crippen molar-refractivity contribution in [2.24, 2.45) is 5.92 Å². The monoisotopic (exact) mass is 325 g/mol. The van der Waals surface area contributed by atoms with Crippen molar-refractivity contribution < 1.29 is 9.90 Å². The number of benzene rings is 1. The molecule has 1 saturated carbocycles. The van der Waals surface area contributed by atoms with Crippen LogP contribution in [0, 0.1) is 5.92 Å². The van der Waals surface area contributed by atoms with Crippen LogP contribution in [-0.4, -0.2) is 43.1 Å². The number of amides is 1. The van der Waals surface area contributed by atoms with Gasteiger partial charge in [0.1, 0.15) is 0 Å². The summed E-state index contributed by atoms with van der Waals surface area (Å²) in [6, 6.07) is 7.12. The molecule has 1 fully saturated rings. The number of fused-ring (bicyclic) bond motifs is 1. The predicted octanol–water partition coefficient (Wildman–Crippen LogP) is 1.33. The van der Waals surface area contributed by atoms with E-state index in [4.69, 9.17) is 0 Å². The smallest absolute Gasteiger partial charge is 0.252 e. The molecule has 4 rings (SSSR count). The predicted molar refractivity (Wildman–Crippen MR) is 88.3 cm³/mol. The van der Waals surface area contributed by atoms with E-state index in [1.807, 2.05) is 29.1 Å². The fourth-order valence-electron chi connectivity index (χ4n) is 3.51. The van der Waals surface area contributed by atoms with Crippen LogP contribution in [0.5, 0.6) is 0 Å². The van der Waals surface area contributed by atoms with Crippen molar-refractivity contribution in [2.75, 3.05) is 0 Å². The van der Waals surface area contributed by atoms with E-state index in [-0.39, 0.29) is 11.9 Å². The van der Waals surface area contributed by atoms with Gasteiger partial charge in [0, 0.05) is 24.3 Å². The average molecular weight is 325 g/mol. The van der Waals surface area contributed by atoms with Crippen LogP contribution in [0.15, 0.2) is 42.9 Å². The van der Waals surface area contributed by atoms with Gasteiger partial charge < -0.3 is 10.4 Å². The van der Waals surface area contributed by atoms with Crippen LogP contribution in [0.25, 0.3) is 10.9 Å². The summed E-state index contributed by atoms with van der Waals surface area (Å²) in [6.07, 6.45) is 6.19. The molecule has 7 nitrogen and oxygen atoms in total. The summed E-state index contributed by atoms with van der Waals surface area (Å²) in [5.41, 5.74) is 1.40. The number of carbonyl (C=O) groups excluding carboxylic acids is 1. The first-order valence-corrected chi connectivity index (χ1v) is 8.09. The van der Waals surface area contributed by atoms with Gasteiger partial charge in [0.05, 0.1) is 29.4 Å². The zero-order valence-corrected chi connectivity index (χ0v) is 13.1. The lowest BCUT2D eigenvalue weighted by Gasteiger charge is -2.16. The fraction of sp³-hybridized carbons (Fsp3) is 0.353. The van der Waals surface area contributed by atoms with Crippen LogP contribution < -0.4 is 5.32 Å². The third kappa shape index (κ3) is 2.78. The molecule has 0 spiro atoms. The molecule has 0 bridgehead atoms. The van der Waals surface area contributed by atoms with Crippen molar-refractivity contribution in [3.8, 4) is 0 Å². The van der Waals surface area contributed by atoms with E-state index in [1.165, 1.54) is 0 Å². The van der Waals surface area contributed by atoms with Crippen LogP contribution >= 0.6 is 0 Å². The minimum atomic E-state index is -0.530. The van der Waals surface area contributed by atoms with Gasteiger partial charge in [-0.05, 0) is 37.0 Å². The molecule has 0 saturated heterocycles. The van der Waals surface area contributed by atoms with Crippen LogP contribution in [0.1, 0.15) is 23.2 Å². The van der Waals surface area contributed by atoms with E-state index in [2.05, 4.69) is 20.6 Å². The molecule has 1 unspecified atom stereocenters. The molecular weight excluding hydrogens is 306 g/mol. The number of H-pyrrole nitrogens is 1. The van der Waals surface area contributed by atoms with Gasteiger partial charge in [0.2, 0.25) is 0 Å². The number of hydrogen-bond donors (Lipinski definition) is 3. The number of nitrogens with one attached hydrogen (secondary N) is 2. The molecule has 3 N–H and O–H groups in total. The molecule has 3 atom stereocenters. The highest BCUT2D eigenvalue weighted by Gasteiger charge is 2.34. The maximum absolute atomic E-state index is 12.6. The quantitative estimate of drug-likeness (QED) is 0.674. The first-order valence-electron chi connectivity index (χ1n) is 8.09. The minimum absolute atomic E-state index is 0.175. The van der Waals surface area contributed by atoms with E-state index in [0.717, 1.165) is 23.9 Å². The standard InChI is InChI=1S/C17H19N5O2/c23-16-8-11(10-22-6-2-5-19-22)7-15(16)20-17(24)12-3-1-4-14-13(12)9-18-21-14/h1-6,9,11,15-16,23H,7-8,10H2,(H,18,21)(H,20,24)/t11?,15-,16-/m1/s1. The van der Waals surface area contributed by atoms with Gasteiger partial charge in [0.25, 0.3) is 5.91 Å². The number of nitrogens with zero attached hydrogens (tertiary/aromatic N) is 3. The number of aliphatic hydroxyl groups excluding tert-OH is 1. The molecule has 2 heterocycles. The fourth-order valence-corrected chi connectivity index (χ4v) is 3.51. The normalized spacial score (nSPS) is 23.6. The molecule has 7 heteroatoms. The van der Waals surface area contributed by atoms with Gasteiger partial charge in [0.15, 0.2) is 0 Å². The lowest BCUT2D eigenvalue weighted by Crippen LogP contribution is -2.40. The SMILES string of the molecule is O=C(N[C@@H]1CC(Cn2cccn2)C[C@H]1O)c1cccc2[nH]ncc12. The van der Waals surface area contributed by atoms with Crippen molar-refractivity contribution in [3.05, 3.63) is 48.4 Å². The van der Waals surface area contributed by atoms with Crippen molar-refractivity contribution in [2.45, 2.75) is 31.5 Å². The second-order valence-corrected chi connectivity index (χ2v) is 6.35. The molecule has 1 aromatic carbocycles. The van der Waals surface area contributed by atoms with Crippen LogP contribution in [0.2, 0.25) is 0 Å². The maximum Gasteiger partial charge on any atom is 0.252 e. The second kappa shape index (κ2) is 6.09. The van der Waals surface area contributed by atoms with Crippen LogP contribution in [0.4, 0.5) is 0 Å². The Morgan fingerprint density at radius 1 is 1.38 bits per heavy atom. The Bertz CT molecular complexity index is 842. The minimum Gasteiger partial charge on any atom is -0.391 e. The van der Waals surface area contributed by atoms with Gasteiger partial charge in [-0.15, -0.1) is 0 Å². The van der Waals surface area contributed by atoms with Crippen molar-refractivity contribution in [1.82, 2.24) is 25.3 Å². The Morgan fingerprint density at radius 2 is 2.29 bits per heavy atom. The molecule has 3 aromatic rings. The second-order valence-electron chi connectivity index (χ2n) is 6.35. The molecule has 1 aliphatic carbocycles. The summed E-state index contributed by atoms with van der Waals surface area (Å²) < 4.78 is 1.87. The van der Waals surface area contributed by atoms with Crippen LogP contribution in [0.3, 0.4) is 0 Å². The molecule has 24 heavy (non-hydrogen) atoms. The number of carbonyl (C=O) groups is 1. The molecule has 1 aliphatic rings. The van der Waals surface area contributed by atoms with E-state index in [1.54, 1.807) is 18.5 Å². The molecule has 124 valence electrons. The van der Waals surface area contributed by atoms with Gasteiger partial charge in [-0.25, -0.2) is 0 Å². The van der Waals surface area contributed by atoms with Gasteiger partial charge >= 0.3 is 0 Å². The van der Waals surface area contributed by atoms with E-state index < -0.39 is 6.10 Å². The van der Waals surface area contributed by atoms with Crippen molar-refractivity contribution in [1.29, 1.82) is 0 Å². The Labute approximate surface area is 138 Å². The lowest BCUT2D eigenvalue weighted by atomic mass is 10.1. The number of rotatable bonds is 4. The highest BCUT2D eigenvalue weighted by atomic mass is 16.3. The molecule has 0 radical (unpaired) electrons. The Balaban J connectivity index is 1.45. The molecule has 0 aliphatic heterocycles. The summed E-state index contributed by atoms with van der Waals surface area (Å²) in [5.74, 6) is 0.126. The summed E-state index contributed by atoms with van der Waals surface area (Å²) >= 11 is 0. The van der Waals surface area contributed by atoms with E-state index >= 15 is 0 Å². The summed E-state index contributed by atoms with van der Waals surface area (Å²) in [5, 5.41) is 25.1. The molecule has 1 amide bonds. The first kappa shape index (κ1) is 14.9. The highest BCUT2D eigenvalue weighted by Crippen LogP contribution is 2.28. The topological polar surface area (TPSA) is 95.8 Å². The van der Waals surface area contributed by atoms with E-state index in [9.17, 15) is 9.90 Å². The van der Waals surface area contributed by atoms with Gasteiger partial charge in [-0.1, -0.05) is 6.07 Å². The summed E-state index contributed by atoms with van der Waals surface area (Å²) in [6.45, 7) is 0.758. The Hall–Kier alpha value is -2.67.